The van der Waals surface area contributed by atoms with E-state index in [9.17, 15) is 24.0 Å². The van der Waals surface area contributed by atoms with Gasteiger partial charge in [-0.1, -0.05) is 12.1 Å². The van der Waals surface area contributed by atoms with E-state index in [1.165, 1.54) is 7.05 Å². The first-order valence-electron chi connectivity index (χ1n) is 9.24. The van der Waals surface area contributed by atoms with Gasteiger partial charge in [-0.3, -0.25) is 34.3 Å². The van der Waals surface area contributed by atoms with Crippen molar-refractivity contribution in [1.82, 2.24) is 20.4 Å². The number of fused-ring (bicyclic) bond motifs is 1. The highest BCUT2D eigenvalue weighted by atomic mass is 16.4. The summed E-state index contributed by atoms with van der Waals surface area (Å²) in [4.78, 5) is 62.0. The molecule has 2 heterocycles. The number of carbonyl (C=O) groups is 5. The standard InChI is InChI=1S/C19H22N4O6/c1-22(16(25)7-8-20-19(28)29)18(27)12-4-2-3-11-9-23(10-13(11)12)14-5-6-15(24)21-17(14)26/h2-4,14,20H,5-10H2,1H3,(H,28,29)(H,21,24,26). The normalized spacial score (nSPS) is 18.7. The van der Waals surface area contributed by atoms with Crippen LogP contribution in [0.4, 0.5) is 4.79 Å². The van der Waals surface area contributed by atoms with Gasteiger partial charge in [-0.2, -0.15) is 0 Å². The summed E-state index contributed by atoms with van der Waals surface area (Å²) >= 11 is 0. The van der Waals surface area contributed by atoms with E-state index in [1.807, 2.05) is 11.0 Å². The van der Waals surface area contributed by atoms with Crippen molar-refractivity contribution in [3.05, 3.63) is 34.9 Å². The Hall–Kier alpha value is -3.27. The molecule has 29 heavy (non-hydrogen) atoms. The zero-order valence-corrected chi connectivity index (χ0v) is 15.9. The van der Waals surface area contributed by atoms with Gasteiger partial charge in [0.25, 0.3) is 5.91 Å². The molecule has 0 spiro atoms. The summed E-state index contributed by atoms with van der Waals surface area (Å²) in [6, 6.07) is 4.79. The highest BCUT2D eigenvalue weighted by Gasteiger charge is 2.36. The van der Waals surface area contributed by atoms with Gasteiger partial charge in [0.2, 0.25) is 17.7 Å². The number of nitrogens with zero attached hydrogens (tertiary/aromatic N) is 2. The number of piperidine rings is 1. The first-order valence-corrected chi connectivity index (χ1v) is 9.24. The lowest BCUT2D eigenvalue weighted by molar-refractivity contribution is -0.137. The molecule has 0 saturated carbocycles. The Balaban J connectivity index is 1.71. The lowest BCUT2D eigenvalue weighted by atomic mass is 10.0. The van der Waals surface area contributed by atoms with Crippen LogP contribution in [-0.4, -0.2) is 64.3 Å². The van der Waals surface area contributed by atoms with Gasteiger partial charge in [0.1, 0.15) is 0 Å². The maximum atomic E-state index is 12.9. The summed E-state index contributed by atoms with van der Waals surface area (Å²) in [5.74, 6) is -1.59. The number of carboxylic acid groups (broad SMARTS) is 1. The van der Waals surface area contributed by atoms with Gasteiger partial charge in [0.05, 0.1) is 6.04 Å². The molecule has 5 amide bonds. The first kappa shape index (κ1) is 20.5. The minimum Gasteiger partial charge on any atom is -0.465 e. The highest BCUT2D eigenvalue weighted by molar-refractivity contribution is 6.05. The quantitative estimate of drug-likeness (QED) is 0.593. The second kappa shape index (κ2) is 8.39. The maximum Gasteiger partial charge on any atom is 0.404 e. The van der Waals surface area contributed by atoms with E-state index < -0.39 is 23.9 Å². The molecule has 3 rings (SSSR count). The largest absolute Gasteiger partial charge is 0.465 e. The van der Waals surface area contributed by atoms with E-state index in [1.54, 1.807) is 12.1 Å². The van der Waals surface area contributed by atoms with Crippen LogP contribution >= 0.6 is 0 Å². The van der Waals surface area contributed by atoms with Crippen LogP contribution in [0, 0.1) is 0 Å². The zero-order valence-electron chi connectivity index (χ0n) is 15.9. The highest BCUT2D eigenvalue weighted by Crippen LogP contribution is 2.30. The van der Waals surface area contributed by atoms with Gasteiger partial charge in [0, 0.05) is 45.1 Å². The van der Waals surface area contributed by atoms with Crippen LogP contribution in [0.2, 0.25) is 0 Å². The second-order valence-electron chi connectivity index (χ2n) is 7.05. The smallest absolute Gasteiger partial charge is 0.404 e. The Bertz CT molecular complexity index is 883. The molecule has 0 bridgehead atoms. The summed E-state index contributed by atoms with van der Waals surface area (Å²) in [7, 11) is 1.36. The number of nitrogens with one attached hydrogen (secondary N) is 2. The lowest BCUT2D eigenvalue weighted by Crippen LogP contribution is -2.50. The topological polar surface area (TPSA) is 136 Å². The zero-order chi connectivity index (χ0) is 21.1. The molecule has 0 aromatic heterocycles. The average molecular weight is 402 g/mol. The van der Waals surface area contributed by atoms with Crippen LogP contribution in [0.3, 0.4) is 0 Å². The molecule has 1 atom stereocenters. The monoisotopic (exact) mass is 402 g/mol. The third-order valence-electron chi connectivity index (χ3n) is 5.18. The van der Waals surface area contributed by atoms with Gasteiger partial charge in [-0.05, 0) is 23.6 Å². The molecule has 2 aliphatic rings. The molecule has 0 aliphatic carbocycles. The third-order valence-corrected chi connectivity index (χ3v) is 5.18. The van der Waals surface area contributed by atoms with Crippen molar-refractivity contribution in [2.75, 3.05) is 13.6 Å². The van der Waals surface area contributed by atoms with Crippen molar-refractivity contribution in [2.24, 2.45) is 0 Å². The summed E-state index contributed by atoms with van der Waals surface area (Å²) in [5, 5.41) is 13.0. The maximum absolute atomic E-state index is 12.9. The second-order valence-corrected chi connectivity index (χ2v) is 7.05. The van der Waals surface area contributed by atoms with E-state index in [-0.39, 0.29) is 31.2 Å². The Morgan fingerprint density at radius 2 is 2.03 bits per heavy atom. The predicted octanol–water partition coefficient (Wildman–Crippen LogP) is 0.0637. The number of benzene rings is 1. The Morgan fingerprint density at radius 1 is 1.28 bits per heavy atom. The van der Waals surface area contributed by atoms with E-state index in [0.717, 1.165) is 16.0 Å². The van der Waals surface area contributed by atoms with Crippen LogP contribution in [0.1, 0.15) is 40.7 Å². The number of hydrogen-bond donors (Lipinski definition) is 3. The number of hydrogen-bond acceptors (Lipinski definition) is 6. The van der Waals surface area contributed by atoms with E-state index in [2.05, 4.69) is 10.6 Å². The third kappa shape index (κ3) is 4.43. The van der Waals surface area contributed by atoms with E-state index >= 15 is 0 Å². The predicted molar refractivity (Wildman–Crippen MR) is 99.6 cm³/mol. The molecular formula is C19H22N4O6. The molecular weight excluding hydrogens is 380 g/mol. The number of carbonyl (C=O) groups excluding carboxylic acids is 4. The van der Waals surface area contributed by atoms with Crippen molar-refractivity contribution in [2.45, 2.75) is 38.4 Å². The van der Waals surface area contributed by atoms with Crippen LogP contribution < -0.4 is 10.6 Å². The fourth-order valence-electron chi connectivity index (χ4n) is 3.64. The van der Waals surface area contributed by atoms with Crippen molar-refractivity contribution >= 4 is 29.7 Å². The molecule has 0 radical (unpaired) electrons. The number of amides is 5. The van der Waals surface area contributed by atoms with Gasteiger partial charge in [-0.15, -0.1) is 0 Å². The molecule has 3 N–H and O–H groups in total. The number of rotatable bonds is 5. The van der Waals surface area contributed by atoms with Crippen molar-refractivity contribution in [1.29, 1.82) is 0 Å². The molecule has 1 aromatic carbocycles. The number of imide groups is 2. The van der Waals surface area contributed by atoms with Gasteiger partial charge in [0.15, 0.2) is 0 Å². The molecule has 2 aliphatic heterocycles. The first-order chi connectivity index (χ1) is 13.8. The molecule has 10 nitrogen and oxygen atoms in total. The Kier molecular flexibility index (Phi) is 5.92. The van der Waals surface area contributed by atoms with Gasteiger partial charge in [-0.25, -0.2) is 4.79 Å². The fraction of sp³-hybridized carbons (Fsp3) is 0.421. The summed E-state index contributed by atoms with van der Waals surface area (Å²) < 4.78 is 0. The summed E-state index contributed by atoms with van der Waals surface area (Å²) in [6.45, 7) is 0.761. The molecule has 1 saturated heterocycles. The van der Waals surface area contributed by atoms with Crippen molar-refractivity contribution in [3.8, 4) is 0 Å². The fourth-order valence-corrected chi connectivity index (χ4v) is 3.64. The van der Waals surface area contributed by atoms with Crippen LogP contribution in [0.5, 0.6) is 0 Å². The molecule has 154 valence electrons. The molecule has 10 heteroatoms. The van der Waals surface area contributed by atoms with Crippen molar-refractivity contribution < 1.29 is 29.1 Å². The molecule has 1 fully saturated rings. The minimum atomic E-state index is -1.24. The van der Waals surface area contributed by atoms with Crippen LogP contribution in [0.25, 0.3) is 0 Å². The minimum absolute atomic E-state index is 0.0814. The lowest BCUT2D eigenvalue weighted by Gasteiger charge is -2.29. The molecule has 1 unspecified atom stereocenters. The van der Waals surface area contributed by atoms with Crippen LogP contribution in [0.15, 0.2) is 18.2 Å². The van der Waals surface area contributed by atoms with Crippen molar-refractivity contribution in [3.63, 3.8) is 0 Å². The van der Waals surface area contributed by atoms with E-state index in [0.29, 0.717) is 25.1 Å². The Labute approximate surface area is 166 Å². The van der Waals surface area contributed by atoms with Gasteiger partial charge < -0.3 is 10.4 Å². The van der Waals surface area contributed by atoms with Gasteiger partial charge >= 0.3 is 6.09 Å². The SMILES string of the molecule is CN(C(=O)CCNC(=O)O)C(=O)c1cccc2c1CN(C1CCC(=O)NC1=O)C2. The van der Waals surface area contributed by atoms with Crippen LogP contribution in [-0.2, 0) is 27.5 Å². The average Bonchev–Trinajstić information content (AvgIpc) is 3.10. The molecule has 1 aromatic rings. The Morgan fingerprint density at radius 3 is 2.72 bits per heavy atom. The summed E-state index contributed by atoms with van der Waals surface area (Å²) in [6.07, 6.45) is -0.666. The summed E-state index contributed by atoms with van der Waals surface area (Å²) in [5.41, 5.74) is 2.03. The van der Waals surface area contributed by atoms with E-state index in [4.69, 9.17) is 5.11 Å².